The number of nitrogens with two attached hydrogens (primary N) is 1. The highest BCUT2D eigenvalue weighted by Crippen LogP contribution is 2.29. The van der Waals surface area contributed by atoms with Crippen molar-refractivity contribution >= 4 is 5.95 Å². The topological polar surface area (TPSA) is 73.1 Å². The maximum atomic E-state index is 5.85. The first-order valence-corrected chi connectivity index (χ1v) is 7.06. The molecule has 1 aliphatic rings. The average Bonchev–Trinajstić information content (AvgIpc) is 2.44. The second-order valence-corrected chi connectivity index (χ2v) is 5.30. The van der Waals surface area contributed by atoms with Crippen molar-refractivity contribution in [2.24, 2.45) is 17.6 Å². The van der Waals surface area contributed by atoms with Gasteiger partial charge in [0.2, 0.25) is 11.8 Å². The van der Waals surface area contributed by atoms with Gasteiger partial charge in [-0.15, -0.1) is 0 Å². The van der Waals surface area contributed by atoms with Crippen molar-refractivity contribution in [3.8, 4) is 5.88 Å². The Morgan fingerprint density at radius 2 is 2.05 bits per heavy atom. The minimum absolute atomic E-state index is 0.606. The van der Waals surface area contributed by atoms with Crippen molar-refractivity contribution in [1.82, 2.24) is 9.97 Å². The second kappa shape index (κ2) is 6.70. The smallest absolute Gasteiger partial charge is 0.226 e. The first-order valence-electron chi connectivity index (χ1n) is 7.06. The number of aromatic nitrogens is 2. The van der Waals surface area contributed by atoms with Crippen molar-refractivity contribution in [3.05, 3.63) is 11.8 Å². The molecule has 0 aliphatic heterocycles. The Morgan fingerprint density at radius 1 is 1.32 bits per heavy atom. The van der Waals surface area contributed by atoms with Gasteiger partial charge in [0, 0.05) is 18.3 Å². The molecule has 0 amide bonds. The molecule has 2 rings (SSSR count). The number of hydrogen-bond donors (Lipinski definition) is 2. The number of nitrogens with zero attached hydrogens (tertiary/aromatic N) is 2. The Hall–Kier alpha value is -1.36. The lowest BCUT2D eigenvalue weighted by molar-refractivity contribution is 0.255. The van der Waals surface area contributed by atoms with Crippen LogP contribution in [0.5, 0.6) is 5.88 Å². The van der Waals surface area contributed by atoms with Gasteiger partial charge in [0.05, 0.1) is 7.11 Å². The van der Waals surface area contributed by atoms with E-state index in [1.807, 2.05) is 13.0 Å². The molecule has 2 unspecified atom stereocenters. The summed E-state index contributed by atoms with van der Waals surface area (Å²) in [4.78, 5) is 8.70. The predicted octanol–water partition coefficient (Wildman–Crippen LogP) is 1.97. The fourth-order valence-corrected chi connectivity index (χ4v) is 2.81. The highest BCUT2D eigenvalue weighted by molar-refractivity contribution is 5.30. The third kappa shape index (κ3) is 3.80. The van der Waals surface area contributed by atoms with Gasteiger partial charge in [0.15, 0.2) is 0 Å². The van der Waals surface area contributed by atoms with Gasteiger partial charge in [-0.2, -0.15) is 4.98 Å². The molecule has 3 N–H and O–H groups in total. The summed E-state index contributed by atoms with van der Waals surface area (Å²) < 4.78 is 5.16. The lowest BCUT2D eigenvalue weighted by Gasteiger charge is -2.30. The third-order valence-corrected chi connectivity index (χ3v) is 3.93. The summed E-state index contributed by atoms with van der Waals surface area (Å²) in [6, 6.07) is 1.83. The van der Waals surface area contributed by atoms with E-state index in [-0.39, 0.29) is 0 Å². The molecule has 1 aromatic heterocycles. The first kappa shape index (κ1) is 14.1. The Morgan fingerprint density at radius 3 is 2.74 bits per heavy atom. The maximum absolute atomic E-state index is 5.85. The van der Waals surface area contributed by atoms with E-state index in [1.165, 1.54) is 25.7 Å². The lowest BCUT2D eigenvalue weighted by Crippen LogP contribution is -2.31. The van der Waals surface area contributed by atoms with E-state index in [9.17, 15) is 0 Å². The van der Waals surface area contributed by atoms with Gasteiger partial charge in [0.1, 0.15) is 0 Å². The summed E-state index contributed by atoms with van der Waals surface area (Å²) in [6.45, 7) is 3.62. The van der Waals surface area contributed by atoms with Crippen LogP contribution in [0.1, 0.15) is 31.4 Å². The van der Waals surface area contributed by atoms with Crippen molar-refractivity contribution in [3.63, 3.8) is 0 Å². The molecule has 5 nitrogen and oxygen atoms in total. The molecule has 0 aromatic carbocycles. The summed E-state index contributed by atoms with van der Waals surface area (Å²) >= 11 is 0. The molecular weight excluding hydrogens is 240 g/mol. The van der Waals surface area contributed by atoms with Gasteiger partial charge in [-0.3, -0.25) is 0 Å². The minimum atomic E-state index is 0.606. The molecule has 0 bridgehead atoms. The molecule has 0 radical (unpaired) electrons. The zero-order chi connectivity index (χ0) is 13.7. The fraction of sp³-hybridized carbons (Fsp3) is 0.714. The Balaban J connectivity index is 1.95. The molecule has 2 atom stereocenters. The van der Waals surface area contributed by atoms with Crippen LogP contribution < -0.4 is 15.8 Å². The van der Waals surface area contributed by atoms with E-state index < -0.39 is 0 Å². The van der Waals surface area contributed by atoms with Crippen LogP contribution in [-0.4, -0.2) is 30.2 Å². The fourth-order valence-electron chi connectivity index (χ4n) is 2.81. The number of ether oxygens (including phenoxy) is 1. The number of rotatable bonds is 5. The molecule has 1 aliphatic carbocycles. The maximum Gasteiger partial charge on any atom is 0.226 e. The molecule has 1 fully saturated rings. The largest absolute Gasteiger partial charge is 0.481 e. The molecule has 19 heavy (non-hydrogen) atoms. The molecule has 0 spiro atoms. The minimum Gasteiger partial charge on any atom is -0.481 e. The molecule has 1 saturated carbocycles. The standard InChI is InChI=1S/C14H24N4O/c1-10-7-13(19-2)18-14(17-10)16-9-12-6-4-3-5-11(12)8-15/h7,11-12H,3-6,8-9,15H2,1-2H3,(H,16,17,18). The monoisotopic (exact) mass is 264 g/mol. The van der Waals surface area contributed by atoms with Crippen molar-refractivity contribution in [1.29, 1.82) is 0 Å². The summed E-state index contributed by atoms with van der Waals surface area (Å²) in [6.07, 6.45) is 5.12. The Kier molecular flexibility index (Phi) is 4.96. The molecule has 1 heterocycles. The number of methoxy groups -OCH3 is 1. The molecule has 106 valence electrons. The van der Waals surface area contributed by atoms with Crippen LogP contribution in [0, 0.1) is 18.8 Å². The third-order valence-electron chi connectivity index (χ3n) is 3.93. The van der Waals surface area contributed by atoms with E-state index in [1.54, 1.807) is 7.11 Å². The van der Waals surface area contributed by atoms with Crippen molar-refractivity contribution < 1.29 is 4.74 Å². The van der Waals surface area contributed by atoms with Crippen LogP contribution in [0.15, 0.2) is 6.07 Å². The summed E-state index contributed by atoms with van der Waals surface area (Å²) in [5.41, 5.74) is 6.76. The van der Waals surface area contributed by atoms with Crippen molar-refractivity contribution in [2.45, 2.75) is 32.6 Å². The quantitative estimate of drug-likeness (QED) is 0.850. The summed E-state index contributed by atoms with van der Waals surface area (Å²) in [7, 11) is 1.62. The zero-order valence-electron chi connectivity index (χ0n) is 11.9. The molecule has 1 aromatic rings. The SMILES string of the molecule is COc1cc(C)nc(NCC2CCCCC2CN)n1. The van der Waals surface area contributed by atoms with Gasteiger partial charge < -0.3 is 15.8 Å². The lowest BCUT2D eigenvalue weighted by atomic mass is 9.79. The van der Waals surface area contributed by atoms with Gasteiger partial charge in [0.25, 0.3) is 0 Å². The summed E-state index contributed by atoms with van der Waals surface area (Å²) in [5, 5.41) is 3.34. The number of hydrogen-bond acceptors (Lipinski definition) is 5. The predicted molar refractivity (Wildman–Crippen MR) is 76.3 cm³/mol. The first-order chi connectivity index (χ1) is 9.22. The van der Waals surface area contributed by atoms with E-state index in [4.69, 9.17) is 10.5 Å². The van der Waals surface area contributed by atoms with Crippen LogP contribution in [0.2, 0.25) is 0 Å². The van der Waals surface area contributed by atoms with E-state index in [0.29, 0.717) is 23.7 Å². The van der Waals surface area contributed by atoms with Crippen molar-refractivity contribution in [2.75, 3.05) is 25.5 Å². The second-order valence-electron chi connectivity index (χ2n) is 5.30. The Bertz CT molecular complexity index is 410. The highest BCUT2D eigenvalue weighted by Gasteiger charge is 2.23. The van der Waals surface area contributed by atoms with Crippen LogP contribution in [0.4, 0.5) is 5.95 Å². The van der Waals surface area contributed by atoms with Gasteiger partial charge >= 0.3 is 0 Å². The Labute approximate surface area is 115 Å². The van der Waals surface area contributed by atoms with Crippen LogP contribution in [0.25, 0.3) is 0 Å². The van der Waals surface area contributed by atoms with Crippen LogP contribution >= 0.6 is 0 Å². The van der Waals surface area contributed by atoms with E-state index in [0.717, 1.165) is 18.8 Å². The zero-order valence-corrected chi connectivity index (χ0v) is 11.9. The summed E-state index contributed by atoms with van der Waals surface area (Å²) in [5.74, 6) is 2.52. The van der Waals surface area contributed by atoms with Crippen LogP contribution in [-0.2, 0) is 0 Å². The van der Waals surface area contributed by atoms with Gasteiger partial charge in [-0.25, -0.2) is 4.98 Å². The number of aryl methyl sites for hydroxylation is 1. The number of anilines is 1. The number of nitrogens with one attached hydrogen (secondary N) is 1. The highest BCUT2D eigenvalue weighted by atomic mass is 16.5. The van der Waals surface area contributed by atoms with Gasteiger partial charge in [-0.1, -0.05) is 12.8 Å². The molecular formula is C14H24N4O. The molecule has 0 saturated heterocycles. The van der Waals surface area contributed by atoms with E-state index >= 15 is 0 Å². The average molecular weight is 264 g/mol. The van der Waals surface area contributed by atoms with Gasteiger partial charge in [-0.05, 0) is 38.1 Å². The molecule has 5 heteroatoms. The normalized spacial score (nSPS) is 23.1. The van der Waals surface area contributed by atoms with Crippen LogP contribution in [0.3, 0.4) is 0 Å². The van der Waals surface area contributed by atoms with E-state index in [2.05, 4.69) is 15.3 Å².